The highest BCUT2D eigenvalue weighted by Gasteiger charge is 2.13. The van der Waals surface area contributed by atoms with Gasteiger partial charge >= 0.3 is 0 Å². The van der Waals surface area contributed by atoms with Gasteiger partial charge in [-0.3, -0.25) is 4.68 Å². The molecule has 0 radical (unpaired) electrons. The Morgan fingerprint density at radius 3 is 2.80 bits per heavy atom. The zero-order valence-electron chi connectivity index (χ0n) is 9.33. The van der Waals surface area contributed by atoms with E-state index in [0.717, 1.165) is 28.7 Å². The molecule has 1 aromatic heterocycles. The van der Waals surface area contributed by atoms with Gasteiger partial charge in [-0.05, 0) is 13.8 Å². The fourth-order valence-electron chi connectivity index (χ4n) is 1.28. The van der Waals surface area contributed by atoms with Crippen molar-refractivity contribution in [3.63, 3.8) is 0 Å². The maximum Gasteiger partial charge on any atom is 0.0855 e. The lowest BCUT2D eigenvalue weighted by Crippen LogP contribution is -2.06. The molecule has 0 saturated carbocycles. The molecule has 1 rings (SSSR count). The van der Waals surface area contributed by atoms with Crippen molar-refractivity contribution in [1.29, 1.82) is 0 Å². The molecule has 0 spiro atoms. The molecule has 1 unspecified atom stereocenters. The highest BCUT2D eigenvalue weighted by molar-refractivity contribution is 7.99. The third-order valence-corrected chi connectivity index (χ3v) is 3.86. The Kier molecular flexibility index (Phi) is 4.96. The molecule has 86 valence electrons. The van der Waals surface area contributed by atoms with E-state index >= 15 is 0 Å². The van der Waals surface area contributed by atoms with Crippen LogP contribution in [0.5, 0.6) is 0 Å². The number of aromatic nitrogens is 2. The maximum absolute atomic E-state index is 8.94. The fourth-order valence-corrected chi connectivity index (χ4v) is 2.40. The summed E-state index contributed by atoms with van der Waals surface area (Å²) in [5, 5.41) is 14.3. The number of rotatable bonds is 5. The molecule has 3 nitrogen and oxygen atoms in total. The van der Waals surface area contributed by atoms with Gasteiger partial charge in [0, 0.05) is 17.5 Å². The topological polar surface area (TPSA) is 38.0 Å². The predicted octanol–water partition coefficient (Wildman–Crippen LogP) is 2.48. The Morgan fingerprint density at radius 1 is 1.60 bits per heavy atom. The van der Waals surface area contributed by atoms with Gasteiger partial charge in [-0.25, -0.2) is 0 Å². The highest BCUT2D eigenvalue weighted by atomic mass is 35.5. The molecule has 1 heterocycles. The number of hydrogen-bond donors (Lipinski definition) is 1. The SMILES string of the molecule is CCn1nc(C)c(Cl)c1CSC(C)CO. The van der Waals surface area contributed by atoms with Gasteiger partial charge in [0.1, 0.15) is 0 Å². The van der Waals surface area contributed by atoms with Crippen molar-refractivity contribution in [3.8, 4) is 0 Å². The highest BCUT2D eigenvalue weighted by Crippen LogP contribution is 2.26. The van der Waals surface area contributed by atoms with Gasteiger partial charge in [-0.1, -0.05) is 18.5 Å². The predicted molar refractivity (Wildman–Crippen MR) is 65.5 cm³/mol. The first-order valence-electron chi connectivity index (χ1n) is 5.04. The van der Waals surface area contributed by atoms with Crippen LogP contribution in [0.25, 0.3) is 0 Å². The van der Waals surface area contributed by atoms with Crippen LogP contribution in [0.2, 0.25) is 5.02 Å². The van der Waals surface area contributed by atoms with E-state index in [9.17, 15) is 0 Å². The third-order valence-electron chi connectivity index (χ3n) is 2.21. The Hall–Kier alpha value is -0.190. The summed E-state index contributed by atoms with van der Waals surface area (Å²) in [6, 6.07) is 0. The van der Waals surface area contributed by atoms with Crippen LogP contribution < -0.4 is 0 Å². The molecule has 0 aliphatic carbocycles. The van der Waals surface area contributed by atoms with E-state index in [4.69, 9.17) is 16.7 Å². The minimum atomic E-state index is 0.196. The number of thioether (sulfide) groups is 1. The van der Waals surface area contributed by atoms with Crippen molar-refractivity contribution in [2.45, 2.75) is 38.3 Å². The molecule has 1 aromatic rings. The van der Waals surface area contributed by atoms with Crippen LogP contribution in [0.15, 0.2) is 0 Å². The average Bonchev–Trinajstić information content (AvgIpc) is 2.52. The summed E-state index contributed by atoms with van der Waals surface area (Å²) in [4.78, 5) is 0. The van der Waals surface area contributed by atoms with Gasteiger partial charge in [-0.2, -0.15) is 5.10 Å². The average molecular weight is 249 g/mol. The zero-order chi connectivity index (χ0) is 11.4. The van der Waals surface area contributed by atoms with Crippen molar-refractivity contribution >= 4 is 23.4 Å². The second kappa shape index (κ2) is 5.77. The first-order valence-corrected chi connectivity index (χ1v) is 6.47. The third kappa shape index (κ3) is 3.13. The molecule has 5 heteroatoms. The summed E-state index contributed by atoms with van der Waals surface area (Å²) < 4.78 is 1.93. The van der Waals surface area contributed by atoms with E-state index in [1.165, 1.54) is 0 Å². The molecule has 15 heavy (non-hydrogen) atoms. The van der Waals surface area contributed by atoms with Crippen molar-refractivity contribution < 1.29 is 5.11 Å². The summed E-state index contributed by atoms with van der Waals surface area (Å²) >= 11 is 7.85. The fraction of sp³-hybridized carbons (Fsp3) is 0.700. The quantitative estimate of drug-likeness (QED) is 0.870. The summed E-state index contributed by atoms with van der Waals surface area (Å²) in [7, 11) is 0. The van der Waals surface area contributed by atoms with Crippen molar-refractivity contribution in [2.24, 2.45) is 0 Å². The Bertz CT molecular complexity index is 327. The van der Waals surface area contributed by atoms with Gasteiger partial charge < -0.3 is 5.11 Å². The van der Waals surface area contributed by atoms with Crippen LogP contribution >= 0.6 is 23.4 Å². The Morgan fingerprint density at radius 2 is 2.27 bits per heavy atom. The molecule has 0 aromatic carbocycles. The van der Waals surface area contributed by atoms with Crippen LogP contribution in [-0.4, -0.2) is 26.7 Å². The monoisotopic (exact) mass is 248 g/mol. The normalized spacial score (nSPS) is 13.1. The smallest absolute Gasteiger partial charge is 0.0855 e. The standard InChI is InChI=1S/C10H17ClN2OS/c1-4-13-9(6-15-7(2)5-14)10(11)8(3)12-13/h7,14H,4-6H2,1-3H3. The minimum absolute atomic E-state index is 0.196. The van der Waals surface area contributed by atoms with E-state index in [2.05, 4.69) is 5.10 Å². The van der Waals surface area contributed by atoms with Gasteiger partial charge in [0.25, 0.3) is 0 Å². The van der Waals surface area contributed by atoms with Crippen LogP contribution in [0.4, 0.5) is 0 Å². The Labute approximate surface area is 99.8 Å². The molecular formula is C10H17ClN2OS. The van der Waals surface area contributed by atoms with Gasteiger partial charge in [0.15, 0.2) is 0 Å². The number of aryl methyl sites for hydroxylation is 2. The first-order chi connectivity index (χ1) is 7.10. The van der Waals surface area contributed by atoms with Crippen LogP contribution in [-0.2, 0) is 12.3 Å². The molecule has 0 aliphatic heterocycles. The van der Waals surface area contributed by atoms with E-state index < -0.39 is 0 Å². The lowest BCUT2D eigenvalue weighted by molar-refractivity contribution is 0.300. The van der Waals surface area contributed by atoms with Crippen molar-refractivity contribution in [3.05, 3.63) is 16.4 Å². The number of halogens is 1. The molecule has 1 N–H and O–H groups in total. The van der Waals surface area contributed by atoms with Crippen LogP contribution in [0.1, 0.15) is 25.2 Å². The molecule has 1 atom stereocenters. The van der Waals surface area contributed by atoms with E-state index in [-0.39, 0.29) is 11.9 Å². The van der Waals surface area contributed by atoms with E-state index in [1.807, 2.05) is 25.5 Å². The first kappa shape index (κ1) is 12.9. The van der Waals surface area contributed by atoms with Crippen LogP contribution in [0, 0.1) is 6.92 Å². The van der Waals surface area contributed by atoms with E-state index in [1.54, 1.807) is 11.8 Å². The van der Waals surface area contributed by atoms with Gasteiger partial charge in [0.05, 0.1) is 23.0 Å². The molecule has 0 fully saturated rings. The number of hydrogen-bond acceptors (Lipinski definition) is 3. The maximum atomic E-state index is 8.94. The molecule has 0 amide bonds. The molecule has 0 bridgehead atoms. The van der Waals surface area contributed by atoms with Gasteiger partial charge in [-0.15, -0.1) is 11.8 Å². The molecule has 0 saturated heterocycles. The largest absolute Gasteiger partial charge is 0.395 e. The summed E-state index contributed by atoms with van der Waals surface area (Å²) in [5.41, 5.74) is 1.94. The molecular weight excluding hydrogens is 232 g/mol. The summed E-state index contributed by atoms with van der Waals surface area (Å²) in [6.07, 6.45) is 0. The molecule has 0 aliphatic rings. The summed E-state index contributed by atoms with van der Waals surface area (Å²) in [5.74, 6) is 0.801. The van der Waals surface area contributed by atoms with Crippen LogP contribution in [0.3, 0.4) is 0 Å². The minimum Gasteiger partial charge on any atom is -0.395 e. The lowest BCUT2D eigenvalue weighted by atomic mass is 10.4. The van der Waals surface area contributed by atoms with Crippen molar-refractivity contribution in [2.75, 3.05) is 6.61 Å². The second-order valence-corrected chi connectivity index (χ2v) is 5.27. The number of aliphatic hydroxyl groups is 1. The van der Waals surface area contributed by atoms with Gasteiger partial charge in [0.2, 0.25) is 0 Å². The summed E-state index contributed by atoms with van der Waals surface area (Å²) in [6.45, 7) is 6.99. The van der Waals surface area contributed by atoms with E-state index in [0.29, 0.717) is 0 Å². The number of nitrogens with zero attached hydrogens (tertiary/aromatic N) is 2. The second-order valence-electron chi connectivity index (χ2n) is 3.47. The Balaban J connectivity index is 2.74. The zero-order valence-corrected chi connectivity index (χ0v) is 10.9. The number of aliphatic hydroxyl groups excluding tert-OH is 1. The lowest BCUT2D eigenvalue weighted by Gasteiger charge is -2.09. The van der Waals surface area contributed by atoms with Crippen molar-refractivity contribution in [1.82, 2.24) is 9.78 Å².